The summed E-state index contributed by atoms with van der Waals surface area (Å²) in [6.45, 7) is 2.20. The number of ether oxygens (including phenoxy) is 1. The van der Waals surface area contributed by atoms with Crippen LogP contribution in [0.4, 0.5) is 13.2 Å². The lowest BCUT2D eigenvalue weighted by atomic mass is 9.86. The summed E-state index contributed by atoms with van der Waals surface area (Å²) in [7, 11) is -7.24. The second kappa shape index (κ2) is 13.1. The molecule has 3 heterocycles. The Hall–Kier alpha value is -2.08. The standard InChI is InChI=1S/C21H29N3O5S3.C2HF3O2/c22-13-20-6-7-21(30-20)31(25,26)16-17-12-19(18-4-2-1-3-5-18)15-24(14-17)32(27,28)23-8-10-29-11-9-23;3-2(4,5)1(6)7/h1-7,17,19H,8-16,22H2;(H,6,7). The van der Waals surface area contributed by atoms with Crippen LogP contribution in [-0.2, 0) is 36.1 Å². The number of nitrogens with zero attached hydrogens (tertiary/aromatic N) is 2. The number of carbonyl (C=O) groups is 1. The number of hydrogen-bond acceptors (Lipinski definition) is 8. The Balaban J connectivity index is 0.000000532. The molecule has 2 aliphatic heterocycles. The third-order valence-corrected chi connectivity index (χ3v) is 11.8. The number of benzene rings is 1. The van der Waals surface area contributed by atoms with Crippen molar-refractivity contribution in [1.82, 2.24) is 8.61 Å². The molecule has 0 amide bonds. The molecule has 0 radical (unpaired) electrons. The van der Waals surface area contributed by atoms with Gasteiger partial charge in [0.1, 0.15) is 4.21 Å². The smallest absolute Gasteiger partial charge is 0.475 e. The van der Waals surface area contributed by atoms with E-state index in [1.165, 1.54) is 19.9 Å². The summed E-state index contributed by atoms with van der Waals surface area (Å²) in [6, 6.07) is 13.1. The van der Waals surface area contributed by atoms with E-state index in [0.29, 0.717) is 50.0 Å². The topological polar surface area (TPSA) is 147 Å². The number of carboxylic acid groups (broad SMARTS) is 1. The van der Waals surface area contributed by atoms with E-state index in [-0.39, 0.29) is 24.1 Å². The highest BCUT2D eigenvalue weighted by molar-refractivity contribution is 7.93. The number of aliphatic carboxylic acids is 1. The molecule has 2 atom stereocenters. The van der Waals surface area contributed by atoms with Crippen molar-refractivity contribution >= 4 is 37.4 Å². The Morgan fingerprint density at radius 1 is 1.03 bits per heavy atom. The number of thiophene rings is 1. The van der Waals surface area contributed by atoms with Crippen LogP contribution in [0.1, 0.15) is 22.8 Å². The fourth-order valence-corrected chi connectivity index (χ4v) is 9.06. The molecule has 1 aromatic heterocycles. The highest BCUT2D eigenvalue weighted by Crippen LogP contribution is 2.35. The second-order valence-corrected chi connectivity index (χ2v) is 14.4. The Labute approximate surface area is 229 Å². The molecular weight excluding hydrogens is 583 g/mol. The van der Waals surface area contributed by atoms with Crippen molar-refractivity contribution in [2.75, 3.05) is 45.1 Å². The fourth-order valence-electron chi connectivity index (χ4n) is 4.40. The number of piperidine rings is 1. The molecule has 1 aromatic carbocycles. The Bertz CT molecular complexity index is 1310. The number of rotatable bonds is 7. The Kier molecular flexibility index (Phi) is 10.5. The molecule has 0 saturated carbocycles. The molecule has 2 unspecified atom stereocenters. The average molecular weight is 614 g/mol. The van der Waals surface area contributed by atoms with Crippen molar-refractivity contribution in [3.05, 3.63) is 52.9 Å². The zero-order chi connectivity index (χ0) is 28.8. The van der Waals surface area contributed by atoms with Crippen molar-refractivity contribution in [3.63, 3.8) is 0 Å². The predicted molar refractivity (Wildman–Crippen MR) is 138 cm³/mol. The van der Waals surface area contributed by atoms with Crippen LogP contribution >= 0.6 is 11.3 Å². The molecule has 39 heavy (non-hydrogen) atoms. The van der Waals surface area contributed by atoms with Crippen LogP contribution in [0, 0.1) is 5.92 Å². The molecule has 4 rings (SSSR count). The van der Waals surface area contributed by atoms with E-state index in [1.807, 2.05) is 30.3 Å². The SMILES string of the molecule is NCc1ccc(S(=O)(=O)CC2CC(c3ccccc3)CN(S(=O)(=O)N3CCOCC3)C2)s1.O=C(O)C(F)(F)F. The number of morpholine rings is 1. The first-order valence-electron chi connectivity index (χ1n) is 11.9. The maximum Gasteiger partial charge on any atom is 0.490 e. The number of carboxylic acids is 1. The minimum Gasteiger partial charge on any atom is -0.475 e. The van der Waals surface area contributed by atoms with Gasteiger partial charge in [-0.3, -0.25) is 0 Å². The predicted octanol–water partition coefficient (Wildman–Crippen LogP) is 2.30. The van der Waals surface area contributed by atoms with Gasteiger partial charge in [0.2, 0.25) is 0 Å². The number of sulfone groups is 1. The maximum absolute atomic E-state index is 13.4. The zero-order valence-electron chi connectivity index (χ0n) is 20.8. The normalized spacial score (nSPS) is 21.6. The van der Waals surface area contributed by atoms with E-state index in [0.717, 1.165) is 10.4 Å². The van der Waals surface area contributed by atoms with Gasteiger partial charge in [-0.25, -0.2) is 13.2 Å². The lowest BCUT2D eigenvalue weighted by Crippen LogP contribution is -2.53. The second-order valence-electron chi connectivity index (χ2n) is 9.05. The summed E-state index contributed by atoms with van der Waals surface area (Å²) in [6.07, 6.45) is -4.46. The largest absolute Gasteiger partial charge is 0.490 e. The van der Waals surface area contributed by atoms with E-state index < -0.39 is 32.2 Å². The molecular formula is C23H30F3N3O7S3. The minimum atomic E-state index is -5.08. The van der Waals surface area contributed by atoms with Gasteiger partial charge >= 0.3 is 12.1 Å². The molecule has 0 bridgehead atoms. The van der Waals surface area contributed by atoms with Gasteiger partial charge in [-0.15, -0.1) is 11.3 Å². The fraction of sp³-hybridized carbons (Fsp3) is 0.522. The molecule has 2 fully saturated rings. The zero-order valence-corrected chi connectivity index (χ0v) is 23.2. The summed E-state index contributed by atoms with van der Waals surface area (Å²) in [5, 5.41) is 7.12. The van der Waals surface area contributed by atoms with Crippen LogP contribution in [0.15, 0.2) is 46.7 Å². The van der Waals surface area contributed by atoms with Crippen molar-refractivity contribution in [2.24, 2.45) is 11.7 Å². The van der Waals surface area contributed by atoms with Gasteiger partial charge in [-0.1, -0.05) is 30.3 Å². The lowest BCUT2D eigenvalue weighted by molar-refractivity contribution is -0.192. The molecule has 2 aromatic rings. The van der Waals surface area contributed by atoms with Crippen LogP contribution in [0.5, 0.6) is 0 Å². The van der Waals surface area contributed by atoms with Crippen molar-refractivity contribution in [3.8, 4) is 0 Å². The van der Waals surface area contributed by atoms with E-state index in [4.69, 9.17) is 20.4 Å². The first-order chi connectivity index (χ1) is 18.2. The molecule has 2 aliphatic rings. The Morgan fingerprint density at radius 3 is 2.18 bits per heavy atom. The van der Waals surface area contributed by atoms with Crippen LogP contribution in [0.2, 0.25) is 0 Å². The van der Waals surface area contributed by atoms with Crippen molar-refractivity contribution in [1.29, 1.82) is 0 Å². The highest BCUT2D eigenvalue weighted by Gasteiger charge is 2.40. The molecule has 0 spiro atoms. The van der Waals surface area contributed by atoms with Gasteiger partial charge in [0.15, 0.2) is 9.84 Å². The molecule has 3 N–H and O–H groups in total. The first kappa shape index (κ1) is 31.4. The summed E-state index contributed by atoms with van der Waals surface area (Å²) >= 11 is 1.19. The number of alkyl halides is 3. The third-order valence-electron chi connectivity index (χ3n) is 6.24. The summed E-state index contributed by atoms with van der Waals surface area (Å²) in [4.78, 5) is 9.71. The third kappa shape index (κ3) is 8.45. The van der Waals surface area contributed by atoms with Gasteiger partial charge in [0.05, 0.1) is 19.0 Å². The van der Waals surface area contributed by atoms with Crippen LogP contribution in [0.25, 0.3) is 0 Å². The molecule has 218 valence electrons. The monoisotopic (exact) mass is 613 g/mol. The van der Waals surface area contributed by atoms with Gasteiger partial charge in [-0.2, -0.15) is 30.2 Å². The van der Waals surface area contributed by atoms with Gasteiger partial charge in [0.25, 0.3) is 10.2 Å². The number of nitrogens with two attached hydrogens (primary N) is 1. The molecule has 0 aliphatic carbocycles. The average Bonchev–Trinajstić information content (AvgIpc) is 3.40. The van der Waals surface area contributed by atoms with Crippen LogP contribution < -0.4 is 5.73 Å². The van der Waals surface area contributed by atoms with Crippen LogP contribution in [0.3, 0.4) is 0 Å². The summed E-state index contributed by atoms with van der Waals surface area (Å²) < 4.78 is 93.2. The maximum atomic E-state index is 13.4. The summed E-state index contributed by atoms with van der Waals surface area (Å²) in [5.41, 5.74) is 6.67. The van der Waals surface area contributed by atoms with E-state index in [9.17, 15) is 30.0 Å². The van der Waals surface area contributed by atoms with Crippen molar-refractivity contribution in [2.45, 2.75) is 29.3 Å². The van der Waals surface area contributed by atoms with Crippen LogP contribution in [-0.4, -0.2) is 87.8 Å². The van der Waals surface area contributed by atoms with Gasteiger partial charge < -0.3 is 15.6 Å². The quantitative estimate of drug-likeness (QED) is 0.484. The van der Waals surface area contributed by atoms with E-state index in [1.54, 1.807) is 12.1 Å². The van der Waals surface area contributed by atoms with Crippen molar-refractivity contribution < 1.29 is 44.6 Å². The van der Waals surface area contributed by atoms with E-state index in [2.05, 4.69) is 0 Å². The lowest BCUT2D eigenvalue weighted by Gasteiger charge is -2.40. The molecule has 16 heteroatoms. The first-order valence-corrected chi connectivity index (χ1v) is 15.8. The highest BCUT2D eigenvalue weighted by atomic mass is 32.2. The molecule has 2 saturated heterocycles. The number of halogens is 3. The Morgan fingerprint density at radius 2 is 1.64 bits per heavy atom. The molecule has 10 nitrogen and oxygen atoms in total. The van der Waals surface area contributed by atoms with Gasteiger partial charge in [0, 0.05) is 37.6 Å². The minimum absolute atomic E-state index is 0.0658. The van der Waals surface area contributed by atoms with E-state index >= 15 is 0 Å². The van der Waals surface area contributed by atoms with Gasteiger partial charge in [-0.05, 0) is 36.0 Å². The summed E-state index contributed by atoms with van der Waals surface area (Å²) in [5.74, 6) is -3.22. The number of hydrogen-bond donors (Lipinski definition) is 2.